The second-order valence-corrected chi connectivity index (χ2v) is 2.34. The molecule has 0 unspecified atom stereocenters. The Bertz CT molecular complexity index is 164. The van der Waals surface area contributed by atoms with Crippen LogP contribution in [0, 0.1) is 0 Å². The maximum absolute atomic E-state index is 10.4. The average molecular weight is 138 g/mol. The first-order valence-electron chi connectivity index (χ1n) is 3.51. The molecule has 0 saturated carbocycles. The van der Waals surface area contributed by atoms with Crippen LogP contribution in [0.3, 0.4) is 0 Å². The average Bonchev–Trinajstić information content (AvgIpc) is 1.87. The lowest BCUT2D eigenvalue weighted by Crippen LogP contribution is -1.78. The molecule has 1 nitrogen and oxygen atoms in total. The fourth-order valence-electron chi connectivity index (χ4n) is 0.466. The first-order chi connectivity index (χ1) is 4.66. The number of ketones is 1. The van der Waals surface area contributed by atoms with Crippen molar-refractivity contribution < 1.29 is 4.79 Å². The van der Waals surface area contributed by atoms with Crippen molar-refractivity contribution in [2.24, 2.45) is 0 Å². The minimum atomic E-state index is 0.0974. The SMILES string of the molecule is CC/C(C)=C/C=C/C(C)=O. The number of rotatable bonds is 3. The molecule has 0 aromatic carbocycles. The van der Waals surface area contributed by atoms with E-state index in [9.17, 15) is 4.79 Å². The molecular weight excluding hydrogens is 124 g/mol. The van der Waals surface area contributed by atoms with Gasteiger partial charge in [-0.1, -0.05) is 24.6 Å². The summed E-state index contributed by atoms with van der Waals surface area (Å²) < 4.78 is 0. The summed E-state index contributed by atoms with van der Waals surface area (Å²) in [5.41, 5.74) is 1.29. The Kier molecular flexibility index (Phi) is 4.55. The van der Waals surface area contributed by atoms with Crippen molar-refractivity contribution in [3.63, 3.8) is 0 Å². The highest BCUT2D eigenvalue weighted by molar-refractivity contribution is 5.87. The van der Waals surface area contributed by atoms with Gasteiger partial charge in [0.2, 0.25) is 0 Å². The van der Waals surface area contributed by atoms with E-state index in [0.717, 1.165) is 6.42 Å². The maximum atomic E-state index is 10.4. The van der Waals surface area contributed by atoms with Gasteiger partial charge in [-0.25, -0.2) is 0 Å². The molecule has 10 heavy (non-hydrogen) atoms. The van der Waals surface area contributed by atoms with Crippen LogP contribution in [0.2, 0.25) is 0 Å². The van der Waals surface area contributed by atoms with E-state index < -0.39 is 0 Å². The zero-order chi connectivity index (χ0) is 7.98. The molecule has 56 valence electrons. The molecule has 0 spiro atoms. The van der Waals surface area contributed by atoms with Crippen LogP contribution in [0.15, 0.2) is 23.8 Å². The van der Waals surface area contributed by atoms with Crippen molar-refractivity contribution in [1.29, 1.82) is 0 Å². The Morgan fingerprint density at radius 1 is 1.40 bits per heavy atom. The molecule has 0 N–H and O–H groups in total. The lowest BCUT2D eigenvalue weighted by molar-refractivity contribution is -0.112. The van der Waals surface area contributed by atoms with E-state index in [0.29, 0.717) is 0 Å². The number of allylic oxidation sites excluding steroid dienone is 4. The summed E-state index contributed by atoms with van der Waals surface area (Å²) >= 11 is 0. The highest BCUT2D eigenvalue weighted by Gasteiger charge is 1.80. The van der Waals surface area contributed by atoms with Gasteiger partial charge in [0.15, 0.2) is 5.78 Å². The second-order valence-electron chi connectivity index (χ2n) is 2.34. The van der Waals surface area contributed by atoms with E-state index in [2.05, 4.69) is 6.92 Å². The lowest BCUT2D eigenvalue weighted by atomic mass is 10.2. The van der Waals surface area contributed by atoms with Crippen LogP contribution < -0.4 is 0 Å². The monoisotopic (exact) mass is 138 g/mol. The fraction of sp³-hybridized carbons (Fsp3) is 0.444. The van der Waals surface area contributed by atoms with E-state index in [1.54, 1.807) is 19.1 Å². The van der Waals surface area contributed by atoms with E-state index >= 15 is 0 Å². The predicted octanol–water partition coefficient (Wildman–Crippen LogP) is 2.49. The molecule has 0 saturated heterocycles. The molecule has 0 heterocycles. The van der Waals surface area contributed by atoms with Crippen LogP contribution in [0.1, 0.15) is 27.2 Å². The van der Waals surface area contributed by atoms with Gasteiger partial charge >= 0.3 is 0 Å². The summed E-state index contributed by atoms with van der Waals surface area (Å²) in [4.78, 5) is 10.4. The van der Waals surface area contributed by atoms with Crippen molar-refractivity contribution in [1.82, 2.24) is 0 Å². The maximum Gasteiger partial charge on any atom is 0.152 e. The summed E-state index contributed by atoms with van der Waals surface area (Å²) in [5.74, 6) is 0.0974. The number of carbonyl (C=O) groups excluding carboxylic acids is 1. The molecule has 1 heteroatoms. The van der Waals surface area contributed by atoms with Crippen LogP contribution in [-0.4, -0.2) is 5.78 Å². The molecule has 0 aromatic rings. The third-order valence-electron chi connectivity index (χ3n) is 1.27. The number of carbonyl (C=O) groups is 1. The molecular formula is C9H14O. The third-order valence-corrected chi connectivity index (χ3v) is 1.27. The predicted molar refractivity (Wildman–Crippen MR) is 43.9 cm³/mol. The Morgan fingerprint density at radius 2 is 2.00 bits per heavy atom. The van der Waals surface area contributed by atoms with Crippen LogP contribution in [0.4, 0.5) is 0 Å². The molecule has 0 aromatic heterocycles. The Labute approximate surface area is 62.4 Å². The van der Waals surface area contributed by atoms with Crippen LogP contribution >= 0.6 is 0 Å². The Balaban J connectivity index is 3.82. The minimum Gasteiger partial charge on any atom is -0.295 e. The molecule has 0 radical (unpaired) electrons. The second kappa shape index (κ2) is 4.98. The van der Waals surface area contributed by atoms with Gasteiger partial charge in [0.25, 0.3) is 0 Å². The summed E-state index contributed by atoms with van der Waals surface area (Å²) in [6, 6.07) is 0. The van der Waals surface area contributed by atoms with Gasteiger partial charge in [0.05, 0.1) is 0 Å². The first kappa shape index (κ1) is 9.15. The molecule has 0 rings (SSSR count). The largest absolute Gasteiger partial charge is 0.295 e. The lowest BCUT2D eigenvalue weighted by Gasteiger charge is -1.87. The van der Waals surface area contributed by atoms with Crippen LogP contribution in [0.25, 0.3) is 0 Å². The standard InChI is InChI=1S/C9H14O/c1-4-8(2)6-5-7-9(3)10/h5-7H,4H2,1-3H3/b7-5+,8-6+. The van der Waals surface area contributed by atoms with Gasteiger partial charge in [-0.3, -0.25) is 4.79 Å². The smallest absolute Gasteiger partial charge is 0.152 e. The number of hydrogen-bond acceptors (Lipinski definition) is 1. The van der Waals surface area contributed by atoms with Crippen LogP contribution in [-0.2, 0) is 4.79 Å². The number of hydrogen-bond donors (Lipinski definition) is 0. The van der Waals surface area contributed by atoms with Gasteiger partial charge in [0.1, 0.15) is 0 Å². The van der Waals surface area contributed by atoms with E-state index in [-0.39, 0.29) is 5.78 Å². The van der Waals surface area contributed by atoms with Gasteiger partial charge < -0.3 is 0 Å². The Morgan fingerprint density at radius 3 is 2.40 bits per heavy atom. The summed E-state index contributed by atoms with van der Waals surface area (Å²) in [5, 5.41) is 0. The summed E-state index contributed by atoms with van der Waals surface area (Å²) in [7, 11) is 0. The van der Waals surface area contributed by atoms with Gasteiger partial charge in [-0.05, 0) is 26.3 Å². The van der Waals surface area contributed by atoms with Crippen molar-refractivity contribution in [2.75, 3.05) is 0 Å². The molecule has 0 aliphatic heterocycles. The molecule has 0 atom stereocenters. The van der Waals surface area contributed by atoms with Crippen molar-refractivity contribution >= 4 is 5.78 Å². The molecule has 0 aliphatic rings. The highest BCUT2D eigenvalue weighted by Crippen LogP contribution is 1.97. The third kappa shape index (κ3) is 5.29. The summed E-state index contributed by atoms with van der Waals surface area (Å²) in [6.07, 6.45) is 6.37. The first-order valence-corrected chi connectivity index (χ1v) is 3.51. The van der Waals surface area contributed by atoms with E-state index in [1.165, 1.54) is 5.57 Å². The quantitative estimate of drug-likeness (QED) is 0.432. The molecule has 0 amide bonds. The van der Waals surface area contributed by atoms with E-state index in [4.69, 9.17) is 0 Å². The zero-order valence-electron chi connectivity index (χ0n) is 6.85. The summed E-state index contributed by atoms with van der Waals surface area (Å²) in [6.45, 7) is 5.68. The normalized spacial score (nSPS) is 12.5. The van der Waals surface area contributed by atoms with Gasteiger partial charge in [-0.2, -0.15) is 0 Å². The van der Waals surface area contributed by atoms with Gasteiger partial charge in [-0.15, -0.1) is 0 Å². The highest BCUT2D eigenvalue weighted by atomic mass is 16.1. The fourth-order valence-corrected chi connectivity index (χ4v) is 0.466. The van der Waals surface area contributed by atoms with Crippen molar-refractivity contribution in [2.45, 2.75) is 27.2 Å². The van der Waals surface area contributed by atoms with Crippen LogP contribution in [0.5, 0.6) is 0 Å². The molecule has 0 fully saturated rings. The van der Waals surface area contributed by atoms with Crippen molar-refractivity contribution in [3.05, 3.63) is 23.8 Å². The van der Waals surface area contributed by atoms with Crippen molar-refractivity contribution in [3.8, 4) is 0 Å². The minimum absolute atomic E-state index is 0.0974. The molecule has 0 aliphatic carbocycles. The molecule has 0 bridgehead atoms. The zero-order valence-corrected chi connectivity index (χ0v) is 6.85. The van der Waals surface area contributed by atoms with E-state index in [1.807, 2.05) is 13.0 Å². The van der Waals surface area contributed by atoms with Gasteiger partial charge in [0, 0.05) is 0 Å². The Hall–Kier alpha value is -0.850. The topological polar surface area (TPSA) is 17.1 Å².